The normalized spacial score (nSPS) is 18.4. The minimum Gasteiger partial charge on any atom is -0.254 e. The molecular weight excluding hydrogens is 428 g/mol. The molecular formula is C20H15ClN4O2S2. The number of halogens is 1. The van der Waals surface area contributed by atoms with Crippen LogP contribution in [0, 0.1) is 0 Å². The fraction of sp³-hybridized carbons (Fsp3) is 0.100. The fourth-order valence-electron chi connectivity index (χ4n) is 3.72. The Hall–Kier alpha value is -2.39. The van der Waals surface area contributed by atoms with Crippen LogP contribution in [0.5, 0.6) is 0 Å². The first-order valence-corrected chi connectivity index (χ1v) is 11.6. The lowest BCUT2D eigenvalue weighted by atomic mass is 10.1. The Kier molecular flexibility index (Phi) is 4.59. The van der Waals surface area contributed by atoms with Gasteiger partial charge in [0.2, 0.25) is 10.0 Å². The number of thioether (sulfide) groups is 1. The topological polar surface area (TPSA) is 87.7 Å². The quantitative estimate of drug-likeness (QED) is 0.475. The van der Waals surface area contributed by atoms with Crippen molar-refractivity contribution in [2.75, 3.05) is 0 Å². The molecule has 1 aliphatic carbocycles. The monoisotopic (exact) mass is 442 g/mol. The summed E-state index contributed by atoms with van der Waals surface area (Å²) in [6, 6.07) is 17.7. The number of sulfonamides is 1. The van der Waals surface area contributed by atoms with Gasteiger partial charge in [0, 0.05) is 5.02 Å². The summed E-state index contributed by atoms with van der Waals surface area (Å²) in [4.78, 5) is 4.38. The molecule has 4 aromatic rings. The molecule has 0 unspecified atom stereocenters. The van der Waals surface area contributed by atoms with E-state index >= 15 is 0 Å². The van der Waals surface area contributed by atoms with Crippen LogP contribution in [0.15, 0.2) is 77.0 Å². The zero-order valence-corrected chi connectivity index (χ0v) is 17.3. The second-order valence-electron chi connectivity index (χ2n) is 6.67. The van der Waals surface area contributed by atoms with Gasteiger partial charge >= 0.3 is 0 Å². The highest BCUT2D eigenvalue weighted by Gasteiger charge is 2.38. The van der Waals surface area contributed by atoms with Crippen molar-refractivity contribution < 1.29 is 8.42 Å². The fourth-order valence-corrected chi connectivity index (χ4v) is 6.28. The molecule has 29 heavy (non-hydrogen) atoms. The van der Waals surface area contributed by atoms with Gasteiger partial charge in [0.15, 0.2) is 5.16 Å². The van der Waals surface area contributed by atoms with Gasteiger partial charge in [-0.05, 0) is 46.2 Å². The minimum absolute atomic E-state index is 0.174. The van der Waals surface area contributed by atoms with Crippen molar-refractivity contribution in [2.24, 2.45) is 0 Å². The summed E-state index contributed by atoms with van der Waals surface area (Å²) in [5.74, 6) is 0. The predicted molar refractivity (Wildman–Crippen MR) is 113 cm³/mol. The maximum Gasteiger partial charge on any atom is 0.241 e. The summed E-state index contributed by atoms with van der Waals surface area (Å²) in [7, 11) is -3.75. The molecule has 0 bridgehead atoms. The number of nitrogens with zero attached hydrogens (tertiary/aromatic N) is 2. The standard InChI is InChI=1S/C20H15ClN4O2S2/c21-13-7-9-14(10-8-13)29(26,27)25-18-15-5-1-3-12-4-2-6-16(17(12)15)19(18)28-20-22-11-23-24-20/h1-11,18-19,25H,(H,22,23,24)/t18-,19-/m0/s1. The molecule has 1 heterocycles. The first-order chi connectivity index (χ1) is 14.0. The average molecular weight is 443 g/mol. The molecule has 146 valence electrons. The highest BCUT2D eigenvalue weighted by atomic mass is 35.5. The van der Waals surface area contributed by atoms with Gasteiger partial charge in [0.05, 0.1) is 16.2 Å². The van der Waals surface area contributed by atoms with E-state index in [9.17, 15) is 8.42 Å². The van der Waals surface area contributed by atoms with E-state index in [1.165, 1.54) is 30.2 Å². The van der Waals surface area contributed by atoms with Gasteiger partial charge in [-0.2, -0.15) is 5.10 Å². The summed E-state index contributed by atoms with van der Waals surface area (Å²) < 4.78 is 29.1. The van der Waals surface area contributed by atoms with E-state index in [2.05, 4.69) is 19.9 Å². The first kappa shape index (κ1) is 18.6. The summed E-state index contributed by atoms with van der Waals surface area (Å²) >= 11 is 7.37. The van der Waals surface area contributed by atoms with Gasteiger partial charge in [-0.25, -0.2) is 18.1 Å². The van der Waals surface area contributed by atoms with Crippen LogP contribution < -0.4 is 4.72 Å². The molecule has 0 amide bonds. The van der Waals surface area contributed by atoms with Crippen LogP contribution in [0.25, 0.3) is 10.8 Å². The maximum absolute atomic E-state index is 13.1. The van der Waals surface area contributed by atoms with E-state index in [-0.39, 0.29) is 10.1 Å². The largest absolute Gasteiger partial charge is 0.254 e. The Labute approximate surface area is 176 Å². The number of hydrogen-bond donors (Lipinski definition) is 2. The van der Waals surface area contributed by atoms with Gasteiger partial charge in [0.25, 0.3) is 0 Å². The lowest BCUT2D eigenvalue weighted by molar-refractivity contribution is 0.557. The van der Waals surface area contributed by atoms with E-state index in [1.807, 2.05) is 36.4 Å². The molecule has 1 aromatic heterocycles. The van der Waals surface area contributed by atoms with Gasteiger partial charge in [-0.15, -0.1) is 0 Å². The summed E-state index contributed by atoms with van der Waals surface area (Å²) in [6.45, 7) is 0. The van der Waals surface area contributed by atoms with E-state index < -0.39 is 16.1 Å². The number of aromatic nitrogens is 3. The zero-order chi connectivity index (χ0) is 20.0. The van der Waals surface area contributed by atoms with Gasteiger partial charge in [-0.1, -0.05) is 59.8 Å². The molecule has 2 N–H and O–H groups in total. The number of H-pyrrole nitrogens is 1. The van der Waals surface area contributed by atoms with E-state index in [1.54, 1.807) is 12.1 Å². The molecule has 0 aliphatic heterocycles. The zero-order valence-electron chi connectivity index (χ0n) is 14.9. The highest BCUT2D eigenvalue weighted by molar-refractivity contribution is 7.99. The van der Waals surface area contributed by atoms with Crippen molar-refractivity contribution in [1.82, 2.24) is 19.9 Å². The molecule has 1 aliphatic rings. The van der Waals surface area contributed by atoms with Crippen molar-refractivity contribution in [2.45, 2.75) is 21.3 Å². The van der Waals surface area contributed by atoms with Crippen LogP contribution in [-0.2, 0) is 10.0 Å². The third kappa shape index (κ3) is 3.32. The van der Waals surface area contributed by atoms with Crippen LogP contribution >= 0.6 is 23.4 Å². The van der Waals surface area contributed by atoms with Crippen LogP contribution in [0.2, 0.25) is 5.02 Å². The molecule has 0 spiro atoms. The SMILES string of the molecule is O=S(=O)(N[C@H]1c2cccc3cccc(c23)[C@@H]1Sc1ncn[nH]1)c1ccc(Cl)cc1. The molecule has 5 rings (SSSR count). The Balaban J connectivity index is 1.60. The van der Waals surface area contributed by atoms with Crippen molar-refractivity contribution in [1.29, 1.82) is 0 Å². The highest BCUT2D eigenvalue weighted by Crippen LogP contribution is 2.52. The van der Waals surface area contributed by atoms with Gasteiger partial charge < -0.3 is 0 Å². The lowest BCUT2D eigenvalue weighted by Gasteiger charge is -2.22. The molecule has 0 radical (unpaired) electrons. The van der Waals surface area contributed by atoms with Crippen LogP contribution in [0.1, 0.15) is 22.4 Å². The van der Waals surface area contributed by atoms with Crippen molar-refractivity contribution in [3.63, 3.8) is 0 Å². The van der Waals surface area contributed by atoms with E-state index in [0.717, 1.165) is 21.9 Å². The first-order valence-electron chi connectivity index (χ1n) is 8.84. The van der Waals surface area contributed by atoms with E-state index in [4.69, 9.17) is 11.6 Å². The molecule has 0 fully saturated rings. The summed E-state index contributed by atoms with van der Waals surface area (Å²) in [5.41, 5.74) is 2.02. The number of aromatic amines is 1. The smallest absolute Gasteiger partial charge is 0.241 e. The van der Waals surface area contributed by atoms with Crippen molar-refractivity contribution in [3.05, 3.63) is 83.1 Å². The number of benzene rings is 3. The molecule has 0 saturated carbocycles. The molecule has 0 saturated heterocycles. The lowest BCUT2D eigenvalue weighted by Crippen LogP contribution is -2.30. The summed E-state index contributed by atoms with van der Waals surface area (Å²) in [6.07, 6.45) is 1.44. The minimum atomic E-state index is -3.75. The average Bonchev–Trinajstić information content (AvgIpc) is 3.32. The molecule has 2 atom stereocenters. The Morgan fingerprint density at radius 3 is 2.41 bits per heavy atom. The maximum atomic E-state index is 13.1. The second-order valence-corrected chi connectivity index (χ2v) is 9.96. The van der Waals surface area contributed by atoms with Gasteiger partial charge in [-0.3, -0.25) is 5.10 Å². The predicted octanol–water partition coefficient (Wildman–Crippen LogP) is 4.48. The molecule has 6 nitrogen and oxygen atoms in total. The third-order valence-electron chi connectivity index (χ3n) is 4.95. The van der Waals surface area contributed by atoms with Crippen LogP contribution in [0.4, 0.5) is 0 Å². The van der Waals surface area contributed by atoms with E-state index in [0.29, 0.717) is 10.2 Å². The molecule has 3 aromatic carbocycles. The Morgan fingerprint density at radius 2 is 1.72 bits per heavy atom. The molecule has 9 heteroatoms. The number of hydrogen-bond acceptors (Lipinski definition) is 5. The van der Waals surface area contributed by atoms with Gasteiger partial charge in [0.1, 0.15) is 6.33 Å². The second kappa shape index (κ2) is 7.14. The third-order valence-corrected chi connectivity index (χ3v) is 7.86. The van der Waals surface area contributed by atoms with Crippen LogP contribution in [-0.4, -0.2) is 23.6 Å². The number of rotatable bonds is 5. The van der Waals surface area contributed by atoms with Crippen molar-refractivity contribution >= 4 is 44.2 Å². The summed E-state index contributed by atoms with van der Waals surface area (Å²) in [5, 5.41) is 9.86. The van der Waals surface area contributed by atoms with Crippen molar-refractivity contribution in [3.8, 4) is 0 Å². The number of nitrogens with one attached hydrogen (secondary N) is 2. The van der Waals surface area contributed by atoms with Crippen LogP contribution in [0.3, 0.4) is 0 Å². The Morgan fingerprint density at radius 1 is 1.00 bits per heavy atom. The Bertz CT molecular complexity index is 1290.